The topological polar surface area (TPSA) is 190 Å². The summed E-state index contributed by atoms with van der Waals surface area (Å²) in [6.45, 7) is 0. The fourth-order valence-corrected chi connectivity index (χ4v) is 2.13. The van der Waals surface area contributed by atoms with Crippen LogP contribution in [-0.2, 0) is 0 Å². The van der Waals surface area contributed by atoms with Crippen LogP contribution in [0, 0.1) is 20.2 Å². The molecule has 0 unspecified atom stereocenters. The van der Waals surface area contributed by atoms with E-state index in [2.05, 4.69) is 39.9 Å². The molecule has 4 aromatic heterocycles. The highest BCUT2D eigenvalue weighted by Gasteiger charge is 2.27. The summed E-state index contributed by atoms with van der Waals surface area (Å²) < 4.78 is 9.07. The molecule has 0 aliphatic heterocycles. The van der Waals surface area contributed by atoms with Gasteiger partial charge < -0.3 is 0 Å². The maximum atomic E-state index is 11.0. The van der Waals surface area contributed by atoms with Crippen molar-refractivity contribution in [3.8, 4) is 11.4 Å². The van der Waals surface area contributed by atoms with Crippen LogP contribution in [0.5, 0.6) is 0 Å². The van der Waals surface area contributed by atoms with Crippen molar-refractivity contribution in [2.24, 2.45) is 0 Å². The van der Waals surface area contributed by atoms with E-state index >= 15 is 0 Å². The van der Waals surface area contributed by atoms with E-state index in [1.54, 1.807) is 0 Å². The van der Waals surface area contributed by atoms with Gasteiger partial charge in [0.15, 0.2) is 11.0 Å². The van der Waals surface area contributed by atoms with E-state index in [4.69, 9.17) is 0 Å². The van der Waals surface area contributed by atoms with Gasteiger partial charge in [-0.2, -0.15) is 0 Å². The van der Waals surface area contributed by atoms with E-state index < -0.39 is 21.2 Å². The fourth-order valence-electron chi connectivity index (χ4n) is 2.13. The lowest BCUT2D eigenvalue weighted by atomic mass is 10.1. The molecule has 0 saturated carbocycles. The van der Waals surface area contributed by atoms with E-state index in [1.165, 1.54) is 0 Å². The van der Waals surface area contributed by atoms with E-state index in [-0.39, 0.29) is 33.5 Å². The van der Waals surface area contributed by atoms with Crippen molar-refractivity contribution in [3.05, 3.63) is 32.6 Å². The summed E-state index contributed by atoms with van der Waals surface area (Å²) in [5, 5.41) is 36.1. The smallest absolute Gasteiger partial charge is 0.258 e. The van der Waals surface area contributed by atoms with Crippen molar-refractivity contribution in [3.63, 3.8) is 0 Å². The minimum absolute atomic E-state index is 0.0347. The van der Waals surface area contributed by atoms with Crippen LogP contribution in [0.2, 0.25) is 0 Å². The minimum atomic E-state index is -0.695. The molecule has 14 nitrogen and oxygen atoms in total. The van der Waals surface area contributed by atoms with Gasteiger partial charge in [-0.25, -0.2) is 19.2 Å². The average molecular weight is 330 g/mol. The molecule has 14 heteroatoms. The van der Waals surface area contributed by atoms with Gasteiger partial charge in [-0.3, -0.25) is 20.2 Å². The molecule has 4 aromatic rings. The van der Waals surface area contributed by atoms with Gasteiger partial charge in [-0.05, 0) is 20.6 Å². The summed E-state index contributed by atoms with van der Waals surface area (Å²) in [6, 6.07) is 0. The van der Waals surface area contributed by atoms with Crippen LogP contribution in [0.1, 0.15) is 0 Å². The van der Waals surface area contributed by atoms with Crippen LogP contribution >= 0.6 is 0 Å². The Morgan fingerprint density at radius 1 is 0.708 bits per heavy atom. The number of nitrogens with zero attached hydrogens (tertiary/aromatic N) is 8. The Labute approximate surface area is 128 Å². The molecular formula is C10H2N8O6. The van der Waals surface area contributed by atoms with Gasteiger partial charge in [0.1, 0.15) is 23.8 Å². The van der Waals surface area contributed by atoms with Crippen molar-refractivity contribution in [1.29, 1.82) is 0 Å². The summed E-state index contributed by atoms with van der Waals surface area (Å²) in [5.41, 5.74) is -1.13. The molecule has 0 N–H and O–H groups in total. The van der Waals surface area contributed by atoms with E-state index in [0.717, 1.165) is 12.4 Å². The van der Waals surface area contributed by atoms with Gasteiger partial charge in [-0.1, -0.05) is 0 Å². The van der Waals surface area contributed by atoms with Gasteiger partial charge in [0.25, 0.3) is 0 Å². The first-order valence-electron chi connectivity index (χ1n) is 6.09. The zero-order chi connectivity index (χ0) is 16.8. The highest BCUT2D eigenvalue weighted by Crippen LogP contribution is 2.33. The van der Waals surface area contributed by atoms with Crippen LogP contribution in [0.25, 0.3) is 33.5 Å². The second kappa shape index (κ2) is 4.70. The van der Waals surface area contributed by atoms with Crippen molar-refractivity contribution < 1.29 is 19.1 Å². The molecule has 0 spiro atoms. The first kappa shape index (κ1) is 13.6. The Hall–Kier alpha value is -4.10. The number of nitro groups is 2. The molecule has 0 aliphatic carbocycles. The third-order valence-corrected chi connectivity index (χ3v) is 3.16. The standard InChI is InChI=1S/C10H2N8O6/c19-17(20)3-1-11-7(9-5(3)13-23-15-9)8-10-6(14-24-16-10)4(2-12-8)18(21)22/h1-2H. The molecule has 0 saturated heterocycles. The van der Waals surface area contributed by atoms with Crippen molar-refractivity contribution in [1.82, 2.24) is 30.6 Å². The molecule has 0 fully saturated rings. The third kappa shape index (κ3) is 1.76. The number of aromatic nitrogens is 6. The molecule has 0 amide bonds. The van der Waals surface area contributed by atoms with Gasteiger partial charge in [-0.15, -0.1) is 0 Å². The number of hydrogen-bond donors (Lipinski definition) is 0. The highest BCUT2D eigenvalue weighted by molar-refractivity contribution is 6.00. The first-order valence-corrected chi connectivity index (χ1v) is 6.09. The Morgan fingerprint density at radius 2 is 1.08 bits per heavy atom. The van der Waals surface area contributed by atoms with Crippen LogP contribution in [0.4, 0.5) is 11.4 Å². The van der Waals surface area contributed by atoms with E-state index in [0.29, 0.717) is 0 Å². The lowest BCUT2D eigenvalue weighted by Gasteiger charge is -2.00. The zero-order valence-corrected chi connectivity index (χ0v) is 11.2. The molecule has 4 heterocycles. The number of hydrogen-bond acceptors (Lipinski definition) is 12. The van der Waals surface area contributed by atoms with Gasteiger partial charge >= 0.3 is 11.4 Å². The lowest BCUT2D eigenvalue weighted by molar-refractivity contribution is -0.383. The molecule has 0 aliphatic rings. The van der Waals surface area contributed by atoms with Gasteiger partial charge in [0, 0.05) is 0 Å². The lowest BCUT2D eigenvalue weighted by Crippen LogP contribution is -1.97. The van der Waals surface area contributed by atoms with Crippen LogP contribution in [0.3, 0.4) is 0 Å². The Kier molecular flexibility index (Phi) is 2.65. The largest absolute Gasteiger partial charge is 0.318 e. The third-order valence-electron chi connectivity index (χ3n) is 3.16. The fraction of sp³-hybridized carbons (Fsp3) is 0. The molecule has 118 valence electrons. The quantitative estimate of drug-likeness (QED) is 0.383. The van der Waals surface area contributed by atoms with Crippen molar-refractivity contribution in [2.45, 2.75) is 0 Å². The summed E-state index contributed by atoms with van der Waals surface area (Å²) in [4.78, 5) is 28.4. The molecule has 0 radical (unpaired) electrons. The second-order valence-electron chi connectivity index (χ2n) is 4.42. The van der Waals surface area contributed by atoms with Crippen LogP contribution < -0.4 is 0 Å². The molecule has 24 heavy (non-hydrogen) atoms. The SMILES string of the molecule is O=[N+]([O-])c1cnc(-c2ncc([N+](=O)[O-])c3nonc23)c2nonc12. The number of rotatable bonds is 3. The first-order chi connectivity index (χ1) is 11.6. The average Bonchev–Trinajstić information content (AvgIpc) is 3.21. The summed E-state index contributed by atoms with van der Waals surface area (Å²) in [5.74, 6) is 0. The predicted octanol–water partition coefficient (Wildman–Crippen LogP) is 1.03. The summed E-state index contributed by atoms with van der Waals surface area (Å²) in [6.07, 6.45) is 1.90. The number of pyridine rings is 2. The summed E-state index contributed by atoms with van der Waals surface area (Å²) >= 11 is 0. The number of fused-ring (bicyclic) bond motifs is 2. The summed E-state index contributed by atoms with van der Waals surface area (Å²) in [7, 11) is 0. The van der Waals surface area contributed by atoms with E-state index in [1.807, 2.05) is 0 Å². The van der Waals surface area contributed by atoms with Crippen LogP contribution in [0.15, 0.2) is 21.7 Å². The maximum Gasteiger partial charge on any atom is 0.318 e. The molecule has 0 bridgehead atoms. The normalized spacial score (nSPS) is 11.2. The molecule has 4 rings (SSSR count). The van der Waals surface area contributed by atoms with Gasteiger partial charge in [0.2, 0.25) is 11.0 Å². The molecule has 0 aromatic carbocycles. The highest BCUT2D eigenvalue weighted by atomic mass is 16.6. The van der Waals surface area contributed by atoms with Gasteiger partial charge in [0.05, 0.1) is 9.85 Å². The monoisotopic (exact) mass is 330 g/mol. The second-order valence-corrected chi connectivity index (χ2v) is 4.42. The van der Waals surface area contributed by atoms with Crippen molar-refractivity contribution >= 4 is 33.4 Å². The Balaban J connectivity index is 2.05. The van der Waals surface area contributed by atoms with E-state index in [9.17, 15) is 20.2 Å². The van der Waals surface area contributed by atoms with Crippen molar-refractivity contribution in [2.75, 3.05) is 0 Å². The molecular weight excluding hydrogens is 328 g/mol. The molecule has 0 atom stereocenters. The zero-order valence-electron chi connectivity index (χ0n) is 11.2. The maximum absolute atomic E-state index is 11.0. The Morgan fingerprint density at radius 3 is 1.46 bits per heavy atom. The minimum Gasteiger partial charge on any atom is -0.258 e. The predicted molar refractivity (Wildman–Crippen MR) is 71.5 cm³/mol. The Bertz CT molecular complexity index is 1040. The van der Waals surface area contributed by atoms with Crippen LogP contribution in [-0.4, -0.2) is 40.4 Å².